The molecule has 0 spiro atoms. The number of hydrogen-bond donors (Lipinski definition) is 3. The van der Waals surface area contributed by atoms with E-state index in [4.69, 9.17) is 11.5 Å². The van der Waals surface area contributed by atoms with Gasteiger partial charge in [0.2, 0.25) is 5.95 Å². The van der Waals surface area contributed by atoms with Crippen LogP contribution >= 0.6 is 0 Å². The Labute approximate surface area is 165 Å². The minimum Gasteiger partial charge on any atom is -0.384 e. The number of hydrogen-bond acceptors (Lipinski definition) is 5. The van der Waals surface area contributed by atoms with Gasteiger partial charge in [-0.1, -0.05) is 30.3 Å². The first-order valence-corrected chi connectivity index (χ1v) is 9.28. The van der Waals surface area contributed by atoms with E-state index < -0.39 is 5.91 Å². The van der Waals surface area contributed by atoms with Gasteiger partial charge in [-0.05, 0) is 56.0 Å². The van der Waals surface area contributed by atoms with Crippen molar-refractivity contribution in [2.75, 3.05) is 17.6 Å². The van der Waals surface area contributed by atoms with Crippen LogP contribution in [0.3, 0.4) is 0 Å². The van der Waals surface area contributed by atoms with Crippen LogP contribution in [0.2, 0.25) is 0 Å². The number of para-hydroxylation sites is 1. The van der Waals surface area contributed by atoms with Crippen molar-refractivity contribution >= 4 is 17.5 Å². The van der Waals surface area contributed by atoms with Gasteiger partial charge in [-0.15, -0.1) is 0 Å². The van der Waals surface area contributed by atoms with Gasteiger partial charge in [0.1, 0.15) is 0 Å². The van der Waals surface area contributed by atoms with E-state index in [9.17, 15) is 4.79 Å². The second-order valence-corrected chi connectivity index (χ2v) is 6.79. The topological polar surface area (TPSA) is 107 Å². The van der Waals surface area contributed by atoms with E-state index in [1.54, 1.807) is 12.1 Å². The molecule has 1 aromatic heterocycles. The molecule has 0 unspecified atom stereocenters. The molecule has 1 heterocycles. The van der Waals surface area contributed by atoms with Crippen molar-refractivity contribution in [2.24, 2.45) is 5.73 Å². The maximum atomic E-state index is 11.5. The summed E-state index contributed by atoms with van der Waals surface area (Å²) in [4.78, 5) is 20.3. The third-order valence-electron chi connectivity index (χ3n) is 4.79. The molecular formula is C22H25N5O. The lowest BCUT2D eigenvalue weighted by molar-refractivity contribution is 0.100. The van der Waals surface area contributed by atoms with Crippen molar-refractivity contribution in [3.8, 4) is 11.3 Å². The lowest BCUT2D eigenvalue weighted by Crippen LogP contribution is -2.15. The fourth-order valence-electron chi connectivity index (χ4n) is 3.16. The zero-order chi connectivity index (χ0) is 20.1. The summed E-state index contributed by atoms with van der Waals surface area (Å²) in [6.45, 7) is 4.86. The van der Waals surface area contributed by atoms with Gasteiger partial charge >= 0.3 is 0 Å². The first kappa shape index (κ1) is 19.4. The predicted molar refractivity (Wildman–Crippen MR) is 113 cm³/mol. The number of nitrogens with one attached hydrogen (secondary N) is 1. The van der Waals surface area contributed by atoms with E-state index in [0.717, 1.165) is 35.5 Å². The number of aromatic nitrogens is 2. The SMILES string of the molecule is Cc1cccc(-c2cc(CCCNc3ccccc3C(N)=O)nc(N)n2)c1C. The van der Waals surface area contributed by atoms with Crippen LogP contribution in [0.1, 0.15) is 33.6 Å². The molecule has 0 bridgehead atoms. The number of nitrogen functional groups attached to an aromatic ring is 1. The van der Waals surface area contributed by atoms with E-state index in [1.165, 1.54) is 11.1 Å². The molecule has 0 aliphatic carbocycles. The fraction of sp³-hybridized carbons (Fsp3) is 0.227. The largest absolute Gasteiger partial charge is 0.384 e. The van der Waals surface area contributed by atoms with Gasteiger partial charge in [0.15, 0.2) is 0 Å². The monoisotopic (exact) mass is 375 g/mol. The molecule has 0 aliphatic rings. The molecule has 6 nitrogen and oxygen atoms in total. The summed E-state index contributed by atoms with van der Waals surface area (Å²) in [6.07, 6.45) is 1.58. The highest BCUT2D eigenvalue weighted by molar-refractivity contribution is 5.98. The summed E-state index contributed by atoms with van der Waals surface area (Å²) in [5.41, 5.74) is 17.8. The molecule has 144 valence electrons. The summed E-state index contributed by atoms with van der Waals surface area (Å²) < 4.78 is 0. The highest BCUT2D eigenvalue weighted by Gasteiger charge is 2.09. The number of primary amides is 1. The fourth-order valence-corrected chi connectivity index (χ4v) is 3.16. The van der Waals surface area contributed by atoms with Crippen molar-refractivity contribution in [1.29, 1.82) is 0 Å². The first-order valence-electron chi connectivity index (χ1n) is 9.28. The first-order chi connectivity index (χ1) is 13.5. The molecule has 0 aliphatic heterocycles. The normalized spacial score (nSPS) is 10.6. The van der Waals surface area contributed by atoms with E-state index in [0.29, 0.717) is 12.1 Å². The summed E-state index contributed by atoms with van der Waals surface area (Å²) in [5.74, 6) is -0.162. The third kappa shape index (κ3) is 4.46. The van der Waals surface area contributed by atoms with Crippen LogP contribution in [-0.4, -0.2) is 22.4 Å². The number of rotatable bonds is 7. The number of carbonyl (C=O) groups is 1. The Balaban J connectivity index is 1.68. The van der Waals surface area contributed by atoms with Crippen molar-refractivity contribution < 1.29 is 4.79 Å². The minimum atomic E-state index is -0.440. The molecule has 5 N–H and O–H groups in total. The van der Waals surface area contributed by atoms with E-state index >= 15 is 0 Å². The van der Waals surface area contributed by atoms with Crippen LogP contribution < -0.4 is 16.8 Å². The summed E-state index contributed by atoms with van der Waals surface area (Å²) >= 11 is 0. The van der Waals surface area contributed by atoms with Crippen LogP contribution in [0.25, 0.3) is 11.3 Å². The second kappa shape index (κ2) is 8.52. The van der Waals surface area contributed by atoms with Crippen LogP contribution in [0.15, 0.2) is 48.5 Å². The number of amides is 1. The average molecular weight is 375 g/mol. The Bertz CT molecular complexity index is 1000. The van der Waals surface area contributed by atoms with Crippen molar-refractivity contribution in [3.05, 3.63) is 70.9 Å². The zero-order valence-corrected chi connectivity index (χ0v) is 16.2. The molecule has 0 fully saturated rings. The summed E-state index contributed by atoms with van der Waals surface area (Å²) in [5, 5.41) is 3.27. The molecule has 0 atom stereocenters. The predicted octanol–water partition coefficient (Wildman–Crippen LogP) is 3.49. The Morgan fingerprint density at radius 3 is 2.64 bits per heavy atom. The van der Waals surface area contributed by atoms with Crippen LogP contribution in [0, 0.1) is 13.8 Å². The molecular weight excluding hydrogens is 350 g/mol. The van der Waals surface area contributed by atoms with Gasteiger partial charge in [-0.2, -0.15) is 0 Å². The molecule has 0 saturated heterocycles. The van der Waals surface area contributed by atoms with Crippen LogP contribution in [-0.2, 0) is 6.42 Å². The second-order valence-electron chi connectivity index (χ2n) is 6.79. The van der Waals surface area contributed by atoms with Crippen molar-refractivity contribution in [3.63, 3.8) is 0 Å². The number of nitrogens with two attached hydrogens (primary N) is 2. The Morgan fingerprint density at radius 1 is 1.07 bits per heavy atom. The molecule has 28 heavy (non-hydrogen) atoms. The molecule has 3 aromatic rings. The van der Waals surface area contributed by atoms with E-state index in [1.807, 2.05) is 24.3 Å². The van der Waals surface area contributed by atoms with Crippen molar-refractivity contribution in [2.45, 2.75) is 26.7 Å². The number of anilines is 2. The standard InChI is InChI=1S/C22H25N5O/c1-14-7-5-10-17(15(14)2)20-13-16(26-22(24)27-20)8-6-12-25-19-11-4-3-9-18(19)21(23)28/h3-5,7,9-11,13,25H,6,8,12H2,1-2H3,(H2,23,28)(H2,24,26,27). The lowest BCUT2D eigenvalue weighted by atomic mass is 10.00. The minimum absolute atomic E-state index is 0.278. The number of aryl methyl sites for hydroxylation is 2. The van der Waals surface area contributed by atoms with Gasteiger partial charge in [-0.3, -0.25) is 4.79 Å². The van der Waals surface area contributed by atoms with Gasteiger partial charge < -0.3 is 16.8 Å². The van der Waals surface area contributed by atoms with Gasteiger partial charge in [0, 0.05) is 23.5 Å². The molecule has 3 rings (SSSR count). The number of benzene rings is 2. The quantitative estimate of drug-likeness (QED) is 0.548. The Hall–Kier alpha value is -3.41. The smallest absolute Gasteiger partial charge is 0.250 e. The zero-order valence-electron chi connectivity index (χ0n) is 16.2. The molecule has 6 heteroatoms. The van der Waals surface area contributed by atoms with Gasteiger partial charge in [-0.25, -0.2) is 9.97 Å². The molecule has 0 saturated carbocycles. The van der Waals surface area contributed by atoms with Crippen molar-refractivity contribution in [1.82, 2.24) is 9.97 Å². The third-order valence-corrected chi connectivity index (χ3v) is 4.79. The lowest BCUT2D eigenvalue weighted by Gasteiger charge is -2.11. The average Bonchev–Trinajstić information content (AvgIpc) is 2.67. The van der Waals surface area contributed by atoms with Gasteiger partial charge in [0.05, 0.1) is 11.3 Å². The van der Waals surface area contributed by atoms with Gasteiger partial charge in [0.25, 0.3) is 5.91 Å². The highest BCUT2D eigenvalue weighted by Crippen LogP contribution is 2.25. The summed E-state index contributed by atoms with van der Waals surface area (Å²) in [6, 6.07) is 15.4. The highest BCUT2D eigenvalue weighted by atomic mass is 16.1. The maximum absolute atomic E-state index is 11.5. The Morgan fingerprint density at radius 2 is 1.86 bits per heavy atom. The molecule has 2 aromatic carbocycles. The molecule has 0 radical (unpaired) electrons. The summed E-state index contributed by atoms with van der Waals surface area (Å²) in [7, 11) is 0. The number of carbonyl (C=O) groups excluding carboxylic acids is 1. The molecule has 1 amide bonds. The van der Waals surface area contributed by atoms with Crippen LogP contribution in [0.4, 0.5) is 11.6 Å². The maximum Gasteiger partial charge on any atom is 0.250 e. The van der Waals surface area contributed by atoms with Crippen LogP contribution in [0.5, 0.6) is 0 Å². The Kier molecular flexibility index (Phi) is 5.89. The number of nitrogens with zero attached hydrogens (tertiary/aromatic N) is 2. The van der Waals surface area contributed by atoms with E-state index in [-0.39, 0.29) is 5.95 Å². The van der Waals surface area contributed by atoms with E-state index in [2.05, 4.69) is 41.3 Å².